The van der Waals surface area contributed by atoms with Gasteiger partial charge in [-0.3, -0.25) is 9.59 Å². The van der Waals surface area contributed by atoms with E-state index >= 15 is 0 Å². The second kappa shape index (κ2) is 7.12. The largest absolute Gasteiger partial charge is 0.352 e. The van der Waals surface area contributed by atoms with Gasteiger partial charge in [0.1, 0.15) is 11.9 Å². The molecule has 1 aromatic heterocycles. The van der Waals surface area contributed by atoms with Crippen molar-refractivity contribution in [3.05, 3.63) is 83.0 Å². The van der Waals surface area contributed by atoms with Crippen LogP contribution in [0.15, 0.2) is 60.8 Å². The highest BCUT2D eigenvalue weighted by Gasteiger charge is 2.29. The predicted molar refractivity (Wildman–Crippen MR) is 112 cm³/mol. The highest BCUT2D eigenvalue weighted by Crippen LogP contribution is 2.36. The number of rotatable bonds is 2. The van der Waals surface area contributed by atoms with Gasteiger partial charge >= 0.3 is 0 Å². The summed E-state index contributed by atoms with van der Waals surface area (Å²) in [6, 6.07) is 18.6. The molecule has 146 valence electrons. The molecule has 6 nitrogen and oxygen atoms in total. The Morgan fingerprint density at radius 2 is 1.63 bits per heavy atom. The Hall–Kier alpha value is -3.98. The van der Waals surface area contributed by atoms with Gasteiger partial charge in [-0.25, -0.2) is 4.98 Å². The molecule has 2 aromatic carbocycles. The van der Waals surface area contributed by atoms with Crippen molar-refractivity contribution < 1.29 is 9.59 Å². The molecule has 0 radical (unpaired) electrons. The lowest BCUT2D eigenvalue weighted by molar-refractivity contribution is 0.0746. The molecule has 0 spiro atoms. The number of piperazine rings is 1. The SMILES string of the molecule is N#Cc1cccnc1N1CCN(C(=O)c2ccc3c(c2)C(=O)c2ccccc2-3)CC1. The fourth-order valence-corrected chi connectivity index (χ4v) is 4.20. The maximum Gasteiger partial charge on any atom is 0.253 e. The second-order valence-corrected chi connectivity index (χ2v) is 7.40. The third-order valence-electron chi connectivity index (χ3n) is 5.75. The lowest BCUT2D eigenvalue weighted by Crippen LogP contribution is -2.49. The number of pyridine rings is 1. The molecule has 2 heterocycles. The zero-order valence-corrected chi connectivity index (χ0v) is 16.2. The summed E-state index contributed by atoms with van der Waals surface area (Å²) in [6.07, 6.45) is 1.67. The van der Waals surface area contributed by atoms with E-state index in [0.717, 1.165) is 11.1 Å². The molecule has 1 saturated heterocycles. The van der Waals surface area contributed by atoms with Gasteiger partial charge in [-0.2, -0.15) is 5.26 Å². The van der Waals surface area contributed by atoms with E-state index in [9.17, 15) is 14.9 Å². The first-order valence-corrected chi connectivity index (χ1v) is 9.85. The molecule has 0 N–H and O–H groups in total. The number of amides is 1. The summed E-state index contributed by atoms with van der Waals surface area (Å²) < 4.78 is 0. The van der Waals surface area contributed by atoms with Crippen molar-refractivity contribution in [2.24, 2.45) is 0 Å². The van der Waals surface area contributed by atoms with Crippen LogP contribution in [-0.2, 0) is 0 Å². The van der Waals surface area contributed by atoms with Crippen LogP contribution in [0.5, 0.6) is 0 Å². The van der Waals surface area contributed by atoms with Crippen LogP contribution in [0.4, 0.5) is 5.82 Å². The van der Waals surface area contributed by atoms with Crippen LogP contribution in [0.3, 0.4) is 0 Å². The van der Waals surface area contributed by atoms with Crippen molar-refractivity contribution in [3.8, 4) is 17.2 Å². The molecule has 1 amide bonds. The number of hydrogen-bond acceptors (Lipinski definition) is 5. The number of aromatic nitrogens is 1. The number of carbonyl (C=O) groups excluding carboxylic acids is 2. The van der Waals surface area contributed by atoms with Crippen molar-refractivity contribution in [2.45, 2.75) is 0 Å². The first kappa shape index (κ1) is 18.1. The van der Waals surface area contributed by atoms with E-state index in [4.69, 9.17) is 0 Å². The number of nitrogens with zero attached hydrogens (tertiary/aromatic N) is 4. The number of carbonyl (C=O) groups is 2. The number of ketones is 1. The van der Waals surface area contributed by atoms with E-state index < -0.39 is 0 Å². The van der Waals surface area contributed by atoms with Gasteiger partial charge in [-0.15, -0.1) is 0 Å². The lowest BCUT2D eigenvalue weighted by atomic mass is 10.0. The lowest BCUT2D eigenvalue weighted by Gasteiger charge is -2.35. The summed E-state index contributed by atoms with van der Waals surface area (Å²) in [5, 5.41) is 9.29. The summed E-state index contributed by atoms with van der Waals surface area (Å²) in [4.78, 5) is 34.0. The molecule has 1 aliphatic heterocycles. The van der Waals surface area contributed by atoms with E-state index in [1.165, 1.54) is 0 Å². The average Bonchev–Trinajstić information content (AvgIpc) is 3.10. The van der Waals surface area contributed by atoms with Crippen LogP contribution in [0, 0.1) is 11.3 Å². The third-order valence-corrected chi connectivity index (χ3v) is 5.75. The molecule has 30 heavy (non-hydrogen) atoms. The number of benzene rings is 2. The Bertz CT molecular complexity index is 1220. The van der Waals surface area contributed by atoms with E-state index in [1.54, 1.807) is 35.4 Å². The zero-order valence-electron chi connectivity index (χ0n) is 16.2. The van der Waals surface area contributed by atoms with Gasteiger partial charge in [0.15, 0.2) is 5.78 Å². The maximum atomic E-state index is 13.1. The smallest absolute Gasteiger partial charge is 0.253 e. The molecule has 2 aliphatic rings. The Morgan fingerprint density at radius 3 is 2.40 bits per heavy atom. The molecule has 0 unspecified atom stereocenters. The number of nitriles is 1. The Balaban J connectivity index is 1.34. The topological polar surface area (TPSA) is 77.3 Å². The summed E-state index contributed by atoms with van der Waals surface area (Å²) in [5.74, 6) is 0.551. The van der Waals surface area contributed by atoms with E-state index in [0.29, 0.717) is 54.3 Å². The van der Waals surface area contributed by atoms with Crippen molar-refractivity contribution in [1.29, 1.82) is 5.26 Å². The van der Waals surface area contributed by atoms with Gasteiger partial charge in [0, 0.05) is 49.1 Å². The first-order chi connectivity index (χ1) is 14.7. The molecule has 0 bridgehead atoms. The van der Waals surface area contributed by atoms with E-state index in [-0.39, 0.29) is 11.7 Å². The third kappa shape index (κ3) is 2.83. The van der Waals surface area contributed by atoms with Crippen LogP contribution in [-0.4, -0.2) is 47.8 Å². The van der Waals surface area contributed by atoms with Crippen molar-refractivity contribution in [2.75, 3.05) is 31.1 Å². The number of anilines is 1. The molecular weight excluding hydrogens is 376 g/mol. The monoisotopic (exact) mass is 394 g/mol. The quantitative estimate of drug-likeness (QED) is 0.522. The Kier molecular flexibility index (Phi) is 4.29. The molecule has 3 aromatic rings. The summed E-state index contributed by atoms with van der Waals surface area (Å²) >= 11 is 0. The minimum absolute atomic E-state index is 0.0285. The fourth-order valence-electron chi connectivity index (χ4n) is 4.20. The number of hydrogen-bond donors (Lipinski definition) is 0. The van der Waals surface area contributed by atoms with Gasteiger partial charge in [-0.05, 0) is 35.4 Å². The minimum Gasteiger partial charge on any atom is -0.352 e. The second-order valence-electron chi connectivity index (χ2n) is 7.40. The van der Waals surface area contributed by atoms with Crippen molar-refractivity contribution in [3.63, 3.8) is 0 Å². The first-order valence-electron chi connectivity index (χ1n) is 9.85. The van der Waals surface area contributed by atoms with Crippen LogP contribution in [0.25, 0.3) is 11.1 Å². The van der Waals surface area contributed by atoms with Crippen LogP contribution >= 0.6 is 0 Å². The molecule has 6 heteroatoms. The molecule has 0 saturated carbocycles. The standard InChI is InChI=1S/C24H18N4O2/c25-15-17-4-3-9-26-23(17)27-10-12-28(13-11-27)24(30)16-7-8-19-18-5-1-2-6-20(18)22(29)21(19)14-16/h1-9,14H,10-13H2. The van der Waals surface area contributed by atoms with Crippen molar-refractivity contribution in [1.82, 2.24) is 9.88 Å². The molecular formula is C24H18N4O2. The van der Waals surface area contributed by atoms with Gasteiger partial charge in [-0.1, -0.05) is 30.3 Å². The van der Waals surface area contributed by atoms with E-state index in [1.807, 2.05) is 35.2 Å². The average molecular weight is 394 g/mol. The summed E-state index contributed by atoms with van der Waals surface area (Å²) in [7, 11) is 0. The molecule has 1 fully saturated rings. The number of fused-ring (bicyclic) bond motifs is 3. The Labute approximate surface area is 174 Å². The summed E-state index contributed by atoms with van der Waals surface area (Å²) in [5.41, 5.74) is 4.15. The Morgan fingerprint density at radius 1 is 0.900 bits per heavy atom. The zero-order chi connectivity index (χ0) is 20.7. The van der Waals surface area contributed by atoms with Gasteiger partial charge < -0.3 is 9.80 Å². The highest BCUT2D eigenvalue weighted by molar-refractivity contribution is 6.22. The predicted octanol–water partition coefficient (Wildman–Crippen LogP) is 3.13. The van der Waals surface area contributed by atoms with Gasteiger partial charge in [0.05, 0.1) is 5.56 Å². The van der Waals surface area contributed by atoms with E-state index in [2.05, 4.69) is 11.1 Å². The van der Waals surface area contributed by atoms with Crippen LogP contribution in [0.1, 0.15) is 31.8 Å². The maximum absolute atomic E-state index is 13.1. The van der Waals surface area contributed by atoms with Gasteiger partial charge in [0.2, 0.25) is 0 Å². The van der Waals surface area contributed by atoms with Crippen LogP contribution < -0.4 is 4.90 Å². The minimum atomic E-state index is -0.0808. The highest BCUT2D eigenvalue weighted by atomic mass is 16.2. The van der Waals surface area contributed by atoms with Crippen LogP contribution in [0.2, 0.25) is 0 Å². The van der Waals surface area contributed by atoms with Crippen molar-refractivity contribution >= 4 is 17.5 Å². The normalized spacial score (nSPS) is 14.8. The molecule has 1 aliphatic carbocycles. The molecule has 0 atom stereocenters. The molecule has 5 rings (SSSR count). The van der Waals surface area contributed by atoms with Gasteiger partial charge in [0.25, 0.3) is 5.91 Å². The summed E-state index contributed by atoms with van der Waals surface area (Å²) in [6.45, 7) is 2.27. The fraction of sp³-hybridized carbons (Fsp3) is 0.167.